The SMILES string of the molecule is O=C(O)c1ccc2nc(Cc3cc(F)c(-c4ccc(F)c(OCc5ccc(C(F)(F)F)cc5F)n4)cc3F)n(C[C@@H]3CCO3)c2c1. The van der Waals surface area contributed by atoms with E-state index in [1.807, 2.05) is 0 Å². The zero-order chi connectivity index (χ0) is 32.7. The summed E-state index contributed by atoms with van der Waals surface area (Å²) in [5.74, 6) is -5.47. The third-order valence-corrected chi connectivity index (χ3v) is 7.57. The Kier molecular flexibility index (Phi) is 8.15. The molecule has 2 aromatic heterocycles. The zero-order valence-electron chi connectivity index (χ0n) is 23.5. The van der Waals surface area contributed by atoms with E-state index in [0.717, 1.165) is 36.8 Å². The quantitative estimate of drug-likeness (QED) is 0.169. The molecule has 3 heterocycles. The number of ether oxygens (including phenoxy) is 2. The van der Waals surface area contributed by atoms with E-state index in [1.165, 1.54) is 18.2 Å². The molecule has 0 aliphatic carbocycles. The molecular formula is C32H22F7N3O4. The number of pyridine rings is 1. The van der Waals surface area contributed by atoms with Crippen LogP contribution in [0.15, 0.2) is 60.7 Å². The molecule has 0 spiro atoms. The van der Waals surface area contributed by atoms with E-state index in [2.05, 4.69) is 9.97 Å². The molecule has 6 rings (SSSR count). The van der Waals surface area contributed by atoms with Gasteiger partial charge in [-0.2, -0.15) is 13.2 Å². The highest BCUT2D eigenvalue weighted by atomic mass is 19.4. The summed E-state index contributed by atoms with van der Waals surface area (Å²) in [7, 11) is 0. The van der Waals surface area contributed by atoms with Gasteiger partial charge in [-0.15, -0.1) is 0 Å². The molecule has 14 heteroatoms. The molecule has 1 atom stereocenters. The molecular weight excluding hydrogens is 623 g/mol. The van der Waals surface area contributed by atoms with Crippen LogP contribution in [0.3, 0.4) is 0 Å². The van der Waals surface area contributed by atoms with Crippen molar-refractivity contribution in [3.05, 3.63) is 112 Å². The van der Waals surface area contributed by atoms with Gasteiger partial charge in [-0.3, -0.25) is 0 Å². The van der Waals surface area contributed by atoms with E-state index >= 15 is 8.78 Å². The van der Waals surface area contributed by atoms with Crippen molar-refractivity contribution in [3.63, 3.8) is 0 Å². The van der Waals surface area contributed by atoms with Crippen molar-refractivity contribution < 1.29 is 50.1 Å². The van der Waals surface area contributed by atoms with Crippen molar-refractivity contribution in [1.82, 2.24) is 14.5 Å². The predicted molar refractivity (Wildman–Crippen MR) is 149 cm³/mol. The first-order valence-corrected chi connectivity index (χ1v) is 13.8. The molecule has 0 bridgehead atoms. The topological polar surface area (TPSA) is 86.5 Å². The largest absolute Gasteiger partial charge is 0.478 e. The number of carboxylic acid groups (broad SMARTS) is 1. The molecule has 1 aliphatic rings. The second-order valence-electron chi connectivity index (χ2n) is 10.6. The Labute approximate surface area is 255 Å². The number of rotatable bonds is 9. The normalized spacial score (nSPS) is 14.8. The van der Waals surface area contributed by atoms with Gasteiger partial charge in [0.25, 0.3) is 5.88 Å². The van der Waals surface area contributed by atoms with Gasteiger partial charge in [0.2, 0.25) is 0 Å². The van der Waals surface area contributed by atoms with Crippen LogP contribution in [-0.4, -0.2) is 38.3 Å². The number of hydrogen-bond donors (Lipinski definition) is 1. The first-order chi connectivity index (χ1) is 21.9. The van der Waals surface area contributed by atoms with Crippen LogP contribution in [0.25, 0.3) is 22.3 Å². The van der Waals surface area contributed by atoms with Crippen molar-refractivity contribution in [2.45, 2.75) is 38.3 Å². The number of nitrogens with zero attached hydrogens (tertiary/aromatic N) is 3. The highest BCUT2D eigenvalue weighted by Crippen LogP contribution is 2.32. The number of aromatic carboxylic acids is 1. The van der Waals surface area contributed by atoms with Gasteiger partial charge >= 0.3 is 12.1 Å². The Morgan fingerprint density at radius 1 is 0.913 bits per heavy atom. The number of alkyl halides is 3. The zero-order valence-corrected chi connectivity index (χ0v) is 23.5. The standard InChI is InChI=1S/C32H22F7N3O4/c33-22-4-6-26(41-30(22)46-15-17-1-3-19(12-23(17)34)32(37,38)39)21-13-24(35)18(9-25(21)36)11-29-40-27-5-2-16(31(43)44)10-28(27)42(29)14-20-7-8-45-20/h1-6,9-10,12-13,20H,7-8,11,14-15H2,(H,43,44)/t20-/m0/s1. The first-order valence-electron chi connectivity index (χ1n) is 13.8. The number of benzene rings is 3. The maximum Gasteiger partial charge on any atom is 0.416 e. The maximum atomic E-state index is 15.4. The van der Waals surface area contributed by atoms with Crippen LogP contribution in [-0.2, 0) is 30.5 Å². The van der Waals surface area contributed by atoms with Crippen LogP contribution in [0.1, 0.15) is 39.3 Å². The molecule has 0 radical (unpaired) electrons. The Bertz CT molecular complexity index is 1970. The van der Waals surface area contributed by atoms with Crippen molar-refractivity contribution in [2.75, 3.05) is 6.61 Å². The summed E-state index contributed by atoms with van der Waals surface area (Å²) in [5, 5.41) is 9.43. The third kappa shape index (κ3) is 6.25. The summed E-state index contributed by atoms with van der Waals surface area (Å²) in [5.41, 5.74) is -1.14. The number of halogens is 7. The van der Waals surface area contributed by atoms with Gasteiger partial charge in [-0.1, -0.05) is 6.07 Å². The van der Waals surface area contributed by atoms with Gasteiger partial charge < -0.3 is 19.1 Å². The van der Waals surface area contributed by atoms with E-state index in [9.17, 15) is 31.9 Å². The number of fused-ring (bicyclic) bond motifs is 1. The molecule has 0 amide bonds. The molecule has 1 N–H and O–H groups in total. The van der Waals surface area contributed by atoms with Gasteiger partial charge in [0.15, 0.2) is 5.82 Å². The second kappa shape index (κ2) is 12.1. The Morgan fingerprint density at radius 3 is 2.35 bits per heavy atom. The first kappa shape index (κ1) is 31.0. The molecule has 46 heavy (non-hydrogen) atoms. The van der Waals surface area contributed by atoms with E-state index in [0.29, 0.717) is 36.1 Å². The summed E-state index contributed by atoms with van der Waals surface area (Å²) in [6.45, 7) is 0.216. The smallest absolute Gasteiger partial charge is 0.416 e. The van der Waals surface area contributed by atoms with E-state index in [1.54, 1.807) is 4.57 Å². The van der Waals surface area contributed by atoms with Crippen molar-refractivity contribution in [3.8, 4) is 17.1 Å². The van der Waals surface area contributed by atoms with Crippen molar-refractivity contribution >= 4 is 17.0 Å². The predicted octanol–water partition coefficient (Wildman–Crippen LogP) is 7.33. The summed E-state index contributed by atoms with van der Waals surface area (Å²) in [6, 6.07) is 9.92. The Morgan fingerprint density at radius 2 is 1.67 bits per heavy atom. The minimum absolute atomic E-state index is 0.0379. The van der Waals surface area contributed by atoms with Crippen LogP contribution in [0.5, 0.6) is 5.88 Å². The van der Waals surface area contributed by atoms with Crippen LogP contribution in [0.2, 0.25) is 0 Å². The number of carbonyl (C=O) groups is 1. The van der Waals surface area contributed by atoms with Gasteiger partial charge in [-0.25, -0.2) is 32.3 Å². The van der Waals surface area contributed by atoms with E-state index in [-0.39, 0.29) is 46.5 Å². The molecule has 1 fully saturated rings. The molecule has 5 aromatic rings. The minimum atomic E-state index is -4.76. The molecule has 7 nitrogen and oxygen atoms in total. The highest BCUT2D eigenvalue weighted by molar-refractivity contribution is 5.92. The monoisotopic (exact) mass is 645 g/mol. The number of aromatic nitrogens is 3. The lowest BCUT2D eigenvalue weighted by Gasteiger charge is -2.27. The third-order valence-electron chi connectivity index (χ3n) is 7.57. The Balaban J connectivity index is 1.26. The number of imidazole rings is 1. The highest BCUT2D eigenvalue weighted by Gasteiger charge is 2.31. The molecule has 3 aromatic carbocycles. The molecule has 0 unspecified atom stereocenters. The van der Waals surface area contributed by atoms with Crippen molar-refractivity contribution in [2.24, 2.45) is 0 Å². The van der Waals surface area contributed by atoms with E-state index in [4.69, 9.17) is 9.47 Å². The summed E-state index contributed by atoms with van der Waals surface area (Å²) >= 11 is 0. The molecule has 1 saturated heterocycles. The molecule has 0 saturated carbocycles. The minimum Gasteiger partial charge on any atom is -0.478 e. The lowest BCUT2D eigenvalue weighted by Crippen LogP contribution is -2.31. The maximum absolute atomic E-state index is 15.4. The molecule has 238 valence electrons. The van der Waals surface area contributed by atoms with Gasteiger partial charge in [0.05, 0.1) is 40.5 Å². The summed E-state index contributed by atoms with van der Waals surface area (Å²) in [4.78, 5) is 20.0. The second-order valence-corrected chi connectivity index (χ2v) is 10.6. The fraction of sp³-hybridized carbons (Fsp3) is 0.219. The lowest BCUT2D eigenvalue weighted by atomic mass is 10.0. The number of hydrogen-bond acceptors (Lipinski definition) is 5. The fourth-order valence-corrected chi connectivity index (χ4v) is 5.03. The van der Waals surface area contributed by atoms with Crippen LogP contribution < -0.4 is 4.74 Å². The van der Waals surface area contributed by atoms with Gasteiger partial charge in [0.1, 0.15) is 29.9 Å². The van der Waals surface area contributed by atoms with E-state index < -0.39 is 53.5 Å². The average molecular weight is 646 g/mol. The van der Waals surface area contributed by atoms with Crippen LogP contribution in [0.4, 0.5) is 30.7 Å². The summed E-state index contributed by atoms with van der Waals surface area (Å²) < 4.78 is 110. The van der Waals surface area contributed by atoms with Gasteiger partial charge in [0, 0.05) is 24.2 Å². The summed E-state index contributed by atoms with van der Waals surface area (Å²) in [6.07, 6.45) is -4.30. The number of carboxylic acids is 1. The molecule has 1 aliphatic heterocycles. The fourth-order valence-electron chi connectivity index (χ4n) is 5.03. The average Bonchev–Trinajstić information content (AvgIpc) is 3.32. The van der Waals surface area contributed by atoms with Crippen LogP contribution in [0, 0.1) is 23.3 Å². The Hall–Kier alpha value is -4.98. The van der Waals surface area contributed by atoms with Gasteiger partial charge in [-0.05, 0) is 66.6 Å². The lowest BCUT2D eigenvalue weighted by molar-refractivity contribution is -0.137. The van der Waals surface area contributed by atoms with Crippen LogP contribution >= 0.6 is 0 Å². The van der Waals surface area contributed by atoms with Crippen molar-refractivity contribution in [1.29, 1.82) is 0 Å².